The number of hydrogen-bond donors (Lipinski definition) is 2. The van der Waals surface area contributed by atoms with Gasteiger partial charge in [-0.25, -0.2) is 15.0 Å². The third kappa shape index (κ3) is 3.46. The maximum Gasteiger partial charge on any atom is 0.221 e. The molecule has 1 amide bonds. The number of nitrogens with zero attached hydrogens (tertiary/aromatic N) is 5. The molecule has 2 aromatic heterocycles. The van der Waals surface area contributed by atoms with E-state index in [1.807, 2.05) is 25.4 Å². The van der Waals surface area contributed by atoms with Crippen molar-refractivity contribution in [3.8, 4) is 6.07 Å². The number of nitriles is 1. The molecule has 0 saturated carbocycles. The standard InChI is InChI=1S/C16H21N7O/c1-22(16-13-4-6-19-15(13)20-11-21-16)23-8-2-3-12(10-23)9-14(24)18-7-5-17/h4,6,11-12H,2-3,7-10H2,1H3,(H,18,24)(H,19,20,21). The highest BCUT2D eigenvalue weighted by atomic mass is 16.1. The number of carbonyl (C=O) groups is 1. The van der Waals surface area contributed by atoms with Crippen LogP contribution in [0.2, 0.25) is 0 Å². The highest BCUT2D eigenvalue weighted by Crippen LogP contribution is 2.26. The largest absolute Gasteiger partial charge is 0.346 e. The van der Waals surface area contributed by atoms with E-state index < -0.39 is 0 Å². The van der Waals surface area contributed by atoms with Gasteiger partial charge in [-0.1, -0.05) is 0 Å². The fourth-order valence-electron chi connectivity index (χ4n) is 3.21. The van der Waals surface area contributed by atoms with E-state index in [4.69, 9.17) is 5.26 Å². The number of H-pyrrole nitrogens is 1. The second-order valence-electron chi connectivity index (χ2n) is 6.02. The van der Waals surface area contributed by atoms with Crippen molar-refractivity contribution in [3.05, 3.63) is 18.6 Å². The monoisotopic (exact) mass is 327 g/mol. The second kappa shape index (κ2) is 7.27. The number of amides is 1. The molecule has 0 radical (unpaired) electrons. The molecule has 8 heteroatoms. The Kier molecular flexibility index (Phi) is 4.91. The van der Waals surface area contributed by atoms with Crippen molar-refractivity contribution in [1.82, 2.24) is 25.3 Å². The molecule has 24 heavy (non-hydrogen) atoms. The van der Waals surface area contributed by atoms with Gasteiger partial charge in [0.2, 0.25) is 5.91 Å². The Bertz CT molecular complexity index is 750. The van der Waals surface area contributed by atoms with Gasteiger partial charge in [0.05, 0.1) is 11.5 Å². The predicted octanol–water partition coefficient (Wildman–Crippen LogP) is 1.05. The summed E-state index contributed by atoms with van der Waals surface area (Å²) in [5, 5.41) is 16.4. The first-order valence-electron chi connectivity index (χ1n) is 8.09. The van der Waals surface area contributed by atoms with E-state index in [9.17, 15) is 4.79 Å². The normalized spacial score (nSPS) is 18.2. The van der Waals surface area contributed by atoms with Crippen LogP contribution in [0.15, 0.2) is 18.6 Å². The van der Waals surface area contributed by atoms with Gasteiger partial charge < -0.3 is 10.3 Å². The van der Waals surface area contributed by atoms with Gasteiger partial charge in [0.25, 0.3) is 0 Å². The van der Waals surface area contributed by atoms with Crippen LogP contribution in [0, 0.1) is 17.2 Å². The lowest BCUT2D eigenvalue weighted by Gasteiger charge is -2.39. The molecule has 1 aliphatic heterocycles. The van der Waals surface area contributed by atoms with Gasteiger partial charge in [0.1, 0.15) is 18.5 Å². The summed E-state index contributed by atoms with van der Waals surface area (Å²) in [5.74, 6) is 1.08. The number of piperidine rings is 1. The van der Waals surface area contributed by atoms with Gasteiger partial charge in [0, 0.05) is 32.8 Å². The summed E-state index contributed by atoms with van der Waals surface area (Å²) in [4.78, 5) is 23.6. The van der Waals surface area contributed by atoms with Crippen molar-refractivity contribution in [2.24, 2.45) is 5.92 Å². The van der Waals surface area contributed by atoms with Gasteiger partial charge in [0.15, 0.2) is 5.82 Å². The van der Waals surface area contributed by atoms with E-state index in [0.29, 0.717) is 6.42 Å². The highest BCUT2D eigenvalue weighted by molar-refractivity contribution is 5.86. The number of fused-ring (bicyclic) bond motifs is 1. The van der Waals surface area contributed by atoms with E-state index in [1.165, 1.54) is 0 Å². The average Bonchev–Trinajstić information content (AvgIpc) is 3.08. The van der Waals surface area contributed by atoms with Crippen molar-refractivity contribution < 1.29 is 4.79 Å². The summed E-state index contributed by atoms with van der Waals surface area (Å²) in [6, 6.07) is 3.90. The summed E-state index contributed by atoms with van der Waals surface area (Å²) in [6.07, 6.45) is 5.92. The Hall–Kier alpha value is -2.66. The second-order valence-corrected chi connectivity index (χ2v) is 6.02. The molecule has 2 N–H and O–H groups in total. The Labute approximate surface area is 140 Å². The van der Waals surface area contributed by atoms with Gasteiger partial charge in [-0.3, -0.25) is 9.80 Å². The van der Waals surface area contributed by atoms with E-state index in [0.717, 1.165) is 42.8 Å². The van der Waals surface area contributed by atoms with Crippen LogP contribution in [0.4, 0.5) is 5.82 Å². The van der Waals surface area contributed by atoms with Crippen molar-refractivity contribution in [2.45, 2.75) is 19.3 Å². The van der Waals surface area contributed by atoms with Gasteiger partial charge in [-0.05, 0) is 24.8 Å². The molecule has 3 heterocycles. The SMILES string of the molecule is CN(c1ncnc2[nH]ccc12)N1CCCC(CC(=O)NCC#N)C1. The van der Waals surface area contributed by atoms with Crippen molar-refractivity contribution in [1.29, 1.82) is 5.26 Å². The van der Waals surface area contributed by atoms with Crippen LogP contribution < -0.4 is 10.3 Å². The van der Waals surface area contributed by atoms with Gasteiger partial charge >= 0.3 is 0 Å². The number of aromatic nitrogens is 3. The quantitative estimate of drug-likeness (QED) is 0.796. The van der Waals surface area contributed by atoms with Crippen molar-refractivity contribution in [3.63, 3.8) is 0 Å². The summed E-state index contributed by atoms with van der Waals surface area (Å²) in [7, 11) is 1.99. The number of rotatable bonds is 5. The van der Waals surface area contributed by atoms with Crippen LogP contribution in [0.5, 0.6) is 0 Å². The fourth-order valence-corrected chi connectivity index (χ4v) is 3.21. The molecule has 1 saturated heterocycles. The zero-order chi connectivity index (χ0) is 16.9. The Morgan fingerprint density at radius 1 is 1.58 bits per heavy atom. The van der Waals surface area contributed by atoms with Crippen molar-refractivity contribution >= 4 is 22.8 Å². The molecule has 126 valence electrons. The summed E-state index contributed by atoms with van der Waals surface area (Å²) >= 11 is 0. The third-order valence-electron chi connectivity index (χ3n) is 4.40. The molecule has 8 nitrogen and oxygen atoms in total. The minimum Gasteiger partial charge on any atom is -0.346 e. The highest BCUT2D eigenvalue weighted by Gasteiger charge is 2.26. The molecule has 1 fully saturated rings. The molecule has 0 spiro atoms. The molecule has 1 aliphatic rings. The summed E-state index contributed by atoms with van der Waals surface area (Å²) < 4.78 is 0. The minimum absolute atomic E-state index is 0.0545. The molecule has 1 unspecified atom stereocenters. The number of anilines is 1. The number of carbonyl (C=O) groups excluding carboxylic acids is 1. The molecule has 0 aromatic carbocycles. The van der Waals surface area contributed by atoms with Crippen LogP contribution in [-0.4, -0.2) is 52.5 Å². The number of hydrogen-bond acceptors (Lipinski definition) is 6. The van der Waals surface area contributed by atoms with Gasteiger partial charge in [-0.2, -0.15) is 5.26 Å². The Balaban J connectivity index is 1.67. The minimum atomic E-state index is -0.0545. The van der Waals surface area contributed by atoms with Crippen molar-refractivity contribution in [2.75, 3.05) is 31.7 Å². The Morgan fingerprint density at radius 3 is 3.29 bits per heavy atom. The lowest BCUT2D eigenvalue weighted by Crippen LogP contribution is -2.47. The van der Waals surface area contributed by atoms with Crippen LogP contribution in [0.1, 0.15) is 19.3 Å². The fraction of sp³-hybridized carbons (Fsp3) is 0.500. The molecular weight excluding hydrogens is 306 g/mol. The smallest absolute Gasteiger partial charge is 0.221 e. The van der Waals surface area contributed by atoms with E-state index in [1.54, 1.807) is 6.33 Å². The van der Waals surface area contributed by atoms with Gasteiger partial charge in [-0.15, -0.1) is 0 Å². The number of aromatic amines is 1. The predicted molar refractivity (Wildman–Crippen MR) is 89.8 cm³/mol. The maximum atomic E-state index is 11.8. The summed E-state index contributed by atoms with van der Waals surface area (Å²) in [5.41, 5.74) is 0.816. The topological polar surface area (TPSA) is 101 Å². The molecule has 1 atom stereocenters. The molecule has 2 aromatic rings. The molecular formula is C16H21N7O. The van der Waals surface area contributed by atoms with E-state index in [-0.39, 0.29) is 18.4 Å². The Morgan fingerprint density at radius 2 is 2.46 bits per heavy atom. The lowest BCUT2D eigenvalue weighted by atomic mass is 9.95. The first-order chi connectivity index (χ1) is 11.7. The van der Waals surface area contributed by atoms with Crippen LogP contribution in [-0.2, 0) is 4.79 Å². The first-order valence-corrected chi connectivity index (χ1v) is 8.09. The lowest BCUT2D eigenvalue weighted by molar-refractivity contribution is -0.122. The van der Waals surface area contributed by atoms with Crippen LogP contribution >= 0.6 is 0 Å². The van der Waals surface area contributed by atoms with Crippen LogP contribution in [0.25, 0.3) is 11.0 Å². The maximum absolute atomic E-state index is 11.8. The zero-order valence-corrected chi connectivity index (χ0v) is 13.7. The zero-order valence-electron chi connectivity index (χ0n) is 13.7. The third-order valence-corrected chi connectivity index (χ3v) is 4.40. The first kappa shape index (κ1) is 16.2. The number of nitrogens with one attached hydrogen (secondary N) is 2. The average molecular weight is 327 g/mol. The van der Waals surface area contributed by atoms with E-state index in [2.05, 4.69) is 30.3 Å². The molecule has 0 aliphatic carbocycles. The van der Waals surface area contributed by atoms with Crippen LogP contribution in [0.3, 0.4) is 0 Å². The number of hydrazine groups is 1. The summed E-state index contributed by atoms with van der Waals surface area (Å²) in [6.45, 7) is 1.80. The van der Waals surface area contributed by atoms with E-state index >= 15 is 0 Å². The molecule has 0 bridgehead atoms. The molecule has 3 rings (SSSR count).